The standard InChI is InChI=1S/C6H6ClN3O2S/c7-5-4(10-6(8)13-5)3(1-11)9-2-12/h1-3H,(H2,8,10)(H,9,12). The number of nitrogens with one attached hydrogen (secondary N) is 1. The molecular weight excluding hydrogens is 214 g/mol. The fourth-order valence-corrected chi connectivity index (χ4v) is 1.78. The number of aromatic nitrogens is 1. The highest BCUT2D eigenvalue weighted by molar-refractivity contribution is 7.19. The number of nitrogen functional groups attached to an aromatic ring is 1. The number of nitrogens with two attached hydrogens (primary N) is 1. The van der Waals surface area contributed by atoms with Crippen LogP contribution in [-0.4, -0.2) is 17.7 Å². The Bertz CT molecular complexity index is 328. The van der Waals surface area contributed by atoms with Gasteiger partial charge in [0, 0.05) is 0 Å². The van der Waals surface area contributed by atoms with Gasteiger partial charge >= 0.3 is 0 Å². The first-order chi connectivity index (χ1) is 6.19. The summed E-state index contributed by atoms with van der Waals surface area (Å²) in [6.07, 6.45) is 0.944. The molecule has 1 atom stereocenters. The molecule has 7 heteroatoms. The van der Waals surface area contributed by atoms with E-state index in [0.29, 0.717) is 17.0 Å². The van der Waals surface area contributed by atoms with Crippen LogP contribution < -0.4 is 11.1 Å². The van der Waals surface area contributed by atoms with Gasteiger partial charge in [-0.2, -0.15) is 0 Å². The van der Waals surface area contributed by atoms with Crippen molar-refractivity contribution < 1.29 is 9.59 Å². The highest BCUT2D eigenvalue weighted by Crippen LogP contribution is 2.29. The normalized spacial score (nSPS) is 12.1. The molecule has 0 fully saturated rings. The molecule has 1 aromatic rings. The molecule has 0 spiro atoms. The molecule has 1 heterocycles. The second-order valence-corrected chi connectivity index (χ2v) is 3.74. The minimum Gasteiger partial charge on any atom is -0.375 e. The lowest BCUT2D eigenvalue weighted by molar-refractivity contribution is -0.115. The summed E-state index contributed by atoms with van der Waals surface area (Å²) in [4.78, 5) is 24.4. The van der Waals surface area contributed by atoms with Crippen molar-refractivity contribution in [1.82, 2.24) is 10.3 Å². The number of carbonyl (C=O) groups excluding carboxylic acids is 2. The number of hydrogen-bond donors (Lipinski definition) is 2. The lowest BCUT2D eigenvalue weighted by atomic mass is 10.2. The molecule has 1 unspecified atom stereocenters. The molecule has 0 radical (unpaired) electrons. The van der Waals surface area contributed by atoms with Gasteiger partial charge in [0.15, 0.2) is 5.13 Å². The van der Waals surface area contributed by atoms with Crippen molar-refractivity contribution >= 4 is 40.8 Å². The van der Waals surface area contributed by atoms with E-state index < -0.39 is 6.04 Å². The van der Waals surface area contributed by atoms with Crippen LogP contribution in [0.1, 0.15) is 11.7 Å². The van der Waals surface area contributed by atoms with Gasteiger partial charge in [0.2, 0.25) is 6.41 Å². The van der Waals surface area contributed by atoms with Crippen molar-refractivity contribution in [2.75, 3.05) is 5.73 Å². The molecule has 0 aliphatic rings. The summed E-state index contributed by atoms with van der Waals surface area (Å²) in [5, 5.41) is 2.52. The lowest BCUT2D eigenvalue weighted by Gasteiger charge is -2.04. The zero-order chi connectivity index (χ0) is 9.84. The summed E-state index contributed by atoms with van der Waals surface area (Å²) in [5.41, 5.74) is 5.64. The molecule has 0 aliphatic heterocycles. The molecule has 13 heavy (non-hydrogen) atoms. The SMILES string of the molecule is Nc1nc(C(C=O)NC=O)c(Cl)s1. The Hall–Kier alpha value is -1.14. The van der Waals surface area contributed by atoms with E-state index in [1.807, 2.05) is 0 Å². The van der Waals surface area contributed by atoms with Gasteiger partial charge in [-0.1, -0.05) is 22.9 Å². The van der Waals surface area contributed by atoms with Crippen LogP contribution in [0, 0.1) is 0 Å². The first kappa shape index (κ1) is 9.94. The summed E-state index contributed by atoms with van der Waals surface area (Å²) in [5.74, 6) is 0. The molecule has 0 aromatic carbocycles. The first-order valence-corrected chi connectivity index (χ1v) is 4.45. The highest BCUT2D eigenvalue weighted by Gasteiger charge is 2.17. The molecule has 70 valence electrons. The van der Waals surface area contributed by atoms with Crippen LogP contribution >= 0.6 is 22.9 Å². The second-order valence-electron chi connectivity index (χ2n) is 2.11. The molecule has 0 saturated carbocycles. The molecule has 0 saturated heterocycles. The van der Waals surface area contributed by atoms with Gasteiger partial charge in [-0.25, -0.2) is 4.98 Å². The van der Waals surface area contributed by atoms with Crippen LogP contribution in [0.25, 0.3) is 0 Å². The van der Waals surface area contributed by atoms with Gasteiger partial charge in [0.25, 0.3) is 0 Å². The number of rotatable bonds is 4. The summed E-state index contributed by atoms with van der Waals surface area (Å²) < 4.78 is 0.309. The van der Waals surface area contributed by atoms with E-state index in [-0.39, 0.29) is 10.8 Å². The van der Waals surface area contributed by atoms with E-state index >= 15 is 0 Å². The van der Waals surface area contributed by atoms with E-state index in [1.165, 1.54) is 0 Å². The largest absolute Gasteiger partial charge is 0.375 e. The zero-order valence-electron chi connectivity index (χ0n) is 6.36. The minimum absolute atomic E-state index is 0.263. The van der Waals surface area contributed by atoms with E-state index in [1.54, 1.807) is 0 Å². The van der Waals surface area contributed by atoms with Crippen molar-refractivity contribution in [3.63, 3.8) is 0 Å². The van der Waals surface area contributed by atoms with Gasteiger partial charge in [0.05, 0.1) is 0 Å². The fourth-order valence-electron chi connectivity index (χ4n) is 0.777. The molecule has 1 amide bonds. The topological polar surface area (TPSA) is 85.1 Å². The maximum atomic E-state index is 10.5. The lowest BCUT2D eigenvalue weighted by Crippen LogP contribution is -2.21. The van der Waals surface area contributed by atoms with Gasteiger partial charge in [-0.3, -0.25) is 4.79 Å². The molecule has 0 aliphatic carbocycles. The number of halogens is 1. The molecule has 0 bridgehead atoms. The van der Waals surface area contributed by atoms with Crippen molar-refractivity contribution in [2.24, 2.45) is 0 Å². The monoisotopic (exact) mass is 219 g/mol. The Labute approximate surface area is 82.9 Å². The van der Waals surface area contributed by atoms with Crippen LogP contribution in [0.3, 0.4) is 0 Å². The van der Waals surface area contributed by atoms with Crippen molar-refractivity contribution in [3.8, 4) is 0 Å². The predicted octanol–water partition coefficient (Wildman–Crippen LogP) is 0.365. The number of hydrogen-bond acceptors (Lipinski definition) is 5. The number of carbonyl (C=O) groups is 2. The van der Waals surface area contributed by atoms with Crippen LogP contribution in [0.2, 0.25) is 4.34 Å². The first-order valence-electron chi connectivity index (χ1n) is 3.25. The fraction of sp³-hybridized carbons (Fsp3) is 0.167. The smallest absolute Gasteiger partial charge is 0.208 e. The molecular formula is C6H6ClN3O2S. The third-order valence-electron chi connectivity index (χ3n) is 1.30. The Morgan fingerprint density at radius 1 is 1.62 bits per heavy atom. The predicted molar refractivity (Wildman–Crippen MR) is 49.5 cm³/mol. The van der Waals surface area contributed by atoms with Crippen molar-refractivity contribution in [1.29, 1.82) is 0 Å². The Morgan fingerprint density at radius 3 is 2.69 bits per heavy atom. The third kappa shape index (κ3) is 2.16. The molecule has 1 rings (SSSR count). The number of thiazole rings is 1. The molecule has 5 nitrogen and oxygen atoms in total. The summed E-state index contributed by atoms with van der Waals surface area (Å²) in [6.45, 7) is 0. The van der Waals surface area contributed by atoms with E-state index in [2.05, 4.69) is 10.3 Å². The van der Waals surface area contributed by atoms with E-state index in [0.717, 1.165) is 11.3 Å². The Balaban J connectivity index is 2.96. The summed E-state index contributed by atoms with van der Waals surface area (Å²) in [7, 11) is 0. The van der Waals surface area contributed by atoms with Crippen LogP contribution in [-0.2, 0) is 9.59 Å². The van der Waals surface area contributed by atoms with Crippen molar-refractivity contribution in [3.05, 3.63) is 10.0 Å². The van der Waals surface area contributed by atoms with Crippen molar-refractivity contribution in [2.45, 2.75) is 6.04 Å². The molecule has 3 N–H and O–H groups in total. The summed E-state index contributed by atoms with van der Waals surface area (Å²) in [6, 6.07) is -0.821. The Morgan fingerprint density at radius 2 is 2.31 bits per heavy atom. The number of nitrogens with zero attached hydrogens (tertiary/aromatic N) is 1. The van der Waals surface area contributed by atoms with E-state index in [4.69, 9.17) is 17.3 Å². The average Bonchev–Trinajstić information content (AvgIpc) is 2.41. The van der Waals surface area contributed by atoms with Crippen LogP contribution in [0.5, 0.6) is 0 Å². The van der Waals surface area contributed by atoms with Crippen LogP contribution in [0.4, 0.5) is 5.13 Å². The number of anilines is 1. The minimum atomic E-state index is -0.821. The Kier molecular flexibility index (Phi) is 3.21. The summed E-state index contributed by atoms with van der Waals surface area (Å²) >= 11 is 6.77. The quantitative estimate of drug-likeness (QED) is 0.717. The maximum Gasteiger partial charge on any atom is 0.208 e. The van der Waals surface area contributed by atoms with E-state index in [9.17, 15) is 9.59 Å². The zero-order valence-corrected chi connectivity index (χ0v) is 7.93. The molecule has 1 aromatic heterocycles. The average molecular weight is 220 g/mol. The highest BCUT2D eigenvalue weighted by atomic mass is 35.5. The number of amides is 1. The maximum absolute atomic E-state index is 10.5. The number of aldehydes is 1. The van der Waals surface area contributed by atoms with Crippen LogP contribution in [0.15, 0.2) is 0 Å². The van der Waals surface area contributed by atoms with Gasteiger partial charge in [-0.15, -0.1) is 0 Å². The van der Waals surface area contributed by atoms with Gasteiger partial charge in [0.1, 0.15) is 22.4 Å². The third-order valence-corrected chi connectivity index (χ3v) is 2.42. The second kappa shape index (κ2) is 4.20. The van der Waals surface area contributed by atoms with Gasteiger partial charge < -0.3 is 15.8 Å². The van der Waals surface area contributed by atoms with Gasteiger partial charge in [-0.05, 0) is 0 Å².